The molecule has 132 valence electrons. The lowest BCUT2D eigenvalue weighted by molar-refractivity contribution is 0.0996. The van der Waals surface area contributed by atoms with Gasteiger partial charge in [0.2, 0.25) is 5.95 Å². The van der Waals surface area contributed by atoms with Crippen LogP contribution in [0.15, 0.2) is 72.8 Å². The third-order valence-corrected chi connectivity index (χ3v) is 4.40. The largest absolute Gasteiger partial charge is 0.324 e. The number of H-pyrrole nitrogens is 1. The number of aromatic nitrogens is 2. The second-order valence-electron chi connectivity index (χ2n) is 5.94. The van der Waals surface area contributed by atoms with E-state index in [1.807, 2.05) is 24.3 Å². The van der Waals surface area contributed by atoms with Crippen molar-refractivity contribution in [3.05, 3.63) is 94.5 Å². The molecule has 6 heteroatoms. The van der Waals surface area contributed by atoms with E-state index in [-0.39, 0.29) is 11.3 Å². The average Bonchev–Trinajstić information content (AvgIpc) is 3.10. The molecule has 1 heterocycles. The Kier molecular flexibility index (Phi) is 4.44. The molecular formula is C21H14ClN3O2. The first-order chi connectivity index (χ1) is 13.1. The zero-order chi connectivity index (χ0) is 18.8. The van der Waals surface area contributed by atoms with Gasteiger partial charge in [0.1, 0.15) is 0 Å². The zero-order valence-electron chi connectivity index (χ0n) is 14.1. The normalized spacial score (nSPS) is 10.7. The monoisotopic (exact) mass is 375 g/mol. The third-order valence-electron chi connectivity index (χ3n) is 4.14. The number of fused-ring (bicyclic) bond motifs is 1. The van der Waals surface area contributed by atoms with Crippen molar-refractivity contribution in [2.45, 2.75) is 0 Å². The first-order valence-corrected chi connectivity index (χ1v) is 8.65. The Labute approximate surface area is 160 Å². The fourth-order valence-electron chi connectivity index (χ4n) is 2.82. The van der Waals surface area contributed by atoms with Crippen molar-refractivity contribution in [3.63, 3.8) is 0 Å². The van der Waals surface area contributed by atoms with Crippen molar-refractivity contribution >= 4 is 40.3 Å². The van der Waals surface area contributed by atoms with E-state index in [0.29, 0.717) is 22.1 Å². The lowest BCUT2D eigenvalue weighted by Gasteiger charge is -2.08. The molecule has 0 aliphatic rings. The van der Waals surface area contributed by atoms with E-state index in [0.717, 1.165) is 11.0 Å². The molecule has 27 heavy (non-hydrogen) atoms. The fraction of sp³-hybridized carbons (Fsp3) is 0. The van der Waals surface area contributed by atoms with Gasteiger partial charge in [-0.3, -0.25) is 14.9 Å². The van der Waals surface area contributed by atoms with E-state index < -0.39 is 5.91 Å². The number of hydrogen-bond acceptors (Lipinski definition) is 3. The van der Waals surface area contributed by atoms with Gasteiger partial charge in [-0.1, -0.05) is 41.9 Å². The van der Waals surface area contributed by atoms with Gasteiger partial charge in [-0.05, 0) is 42.5 Å². The maximum atomic E-state index is 12.8. The summed E-state index contributed by atoms with van der Waals surface area (Å²) in [5.41, 5.74) is 2.62. The van der Waals surface area contributed by atoms with E-state index in [1.54, 1.807) is 48.5 Å². The Morgan fingerprint density at radius 3 is 2.26 bits per heavy atom. The topological polar surface area (TPSA) is 74.8 Å². The zero-order valence-corrected chi connectivity index (χ0v) is 14.8. The summed E-state index contributed by atoms with van der Waals surface area (Å²) in [6.07, 6.45) is 0. The summed E-state index contributed by atoms with van der Waals surface area (Å²) >= 11 is 5.88. The lowest BCUT2D eigenvalue weighted by atomic mass is 9.98. The first-order valence-electron chi connectivity index (χ1n) is 8.27. The minimum atomic E-state index is -0.410. The Hall–Kier alpha value is -3.44. The van der Waals surface area contributed by atoms with Gasteiger partial charge in [0.15, 0.2) is 5.78 Å². The number of ketones is 1. The number of carbonyl (C=O) groups is 2. The van der Waals surface area contributed by atoms with Crippen LogP contribution in [0.1, 0.15) is 26.3 Å². The molecule has 0 bridgehead atoms. The Morgan fingerprint density at radius 2 is 1.52 bits per heavy atom. The van der Waals surface area contributed by atoms with Crippen LogP contribution in [0.2, 0.25) is 5.02 Å². The molecule has 5 nitrogen and oxygen atoms in total. The molecule has 2 N–H and O–H groups in total. The molecule has 4 rings (SSSR count). The molecule has 0 atom stereocenters. The molecule has 0 aliphatic carbocycles. The highest BCUT2D eigenvalue weighted by Gasteiger charge is 2.19. The van der Waals surface area contributed by atoms with E-state index in [2.05, 4.69) is 15.3 Å². The smallest absolute Gasteiger partial charge is 0.258 e. The van der Waals surface area contributed by atoms with Crippen LogP contribution in [0, 0.1) is 0 Å². The van der Waals surface area contributed by atoms with E-state index in [4.69, 9.17) is 11.6 Å². The van der Waals surface area contributed by atoms with E-state index in [1.165, 1.54) is 0 Å². The van der Waals surface area contributed by atoms with Crippen molar-refractivity contribution in [1.82, 2.24) is 9.97 Å². The fourth-order valence-corrected chi connectivity index (χ4v) is 2.95. The summed E-state index contributed by atoms with van der Waals surface area (Å²) in [4.78, 5) is 33.0. The molecule has 0 spiro atoms. The Bertz CT molecular complexity index is 1120. The molecule has 0 aliphatic heterocycles. The van der Waals surface area contributed by atoms with Crippen molar-refractivity contribution < 1.29 is 9.59 Å². The molecule has 1 amide bonds. The van der Waals surface area contributed by atoms with Gasteiger partial charge in [-0.25, -0.2) is 4.98 Å². The van der Waals surface area contributed by atoms with Gasteiger partial charge in [0, 0.05) is 16.1 Å². The maximum absolute atomic E-state index is 12.8. The molecule has 0 unspecified atom stereocenters. The summed E-state index contributed by atoms with van der Waals surface area (Å²) in [6, 6.07) is 20.7. The van der Waals surface area contributed by atoms with Gasteiger partial charge >= 0.3 is 0 Å². The standard InChI is InChI=1S/C21H14ClN3O2/c22-14-11-9-13(10-12-14)19(26)15-5-1-2-6-16(15)20(27)25-21-23-17-7-3-4-8-18(17)24-21/h1-12H,(H2,23,24,25,27). The number of aromatic amines is 1. The number of imidazole rings is 1. The van der Waals surface area contributed by atoms with Crippen LogP contribution in [0.3, 0.4) is 0 Å². The number of hydrogen-bond donors (Lipinski definition) is 2. The number of para-hydroxylation sites is 2. The summed E-state index contributed by atoms with van der Waals surface area (Å²) in [5.74, 6) is -0.330. The highest BCUT2D eigenvalue weighted by molar-refractivity contribution is 6.30. The molecular weight excluding hydrogens is 362 g/mol. The third kappa shape index (κ3) is 3.45. The van der Waals surface area contributed by atoms with Crippen molar-refractivity contribution in [2.75, 3.05) is 5.32 Å². The van der Waals surface area contributed by atoms with Crippen LogP contribution in [0.4, 0.5) is 5.95 Å². The van der Waals surface area contributed by atoms with Crippen molar-refractivity contribution in [1.29, 1.82) is 0 Å². The number of nitrogens with zero attached hydrogens (tertiary/aromatic N) is 1. The van der Waals surface area contributed by atoms with Gasteiger partial charge in [-0.2, -0.15) is 0 Å². The number of amides is 1. The first kappa shape index (κ1) is 17.0. The molecule has 0 radical (unpaired) electrons. The molecule has 3 aromatic carbocycles. The summed E-state index contributed by atoms with van der Waals surface area (Å²) in [7, 11) is 0. The van der Waals surface area contributed by atoms with Gasteiger partial charge < -0.3 is 4.98 Å². The second kappa shape index (κ2) is 7.05. The molecule has 4 aromatic rings. The summed E-state index contributed by atoms with van der Waals surface area (Å²) < 4.78 is 0. The highest BCUT2D eigenvalue weighted by atomic mass is 35.5. The molecule has 1 aromatic heterocycles. The SMILES string of the molecule is O=C(Nc1nc2ccccc2[nH]1)c1ccccc1C(=O)c1ccc(Cl)cc1. The molecule has 0 fully saturated rings. The van der Waals surface area contributed by atoms with Crippen LogP contribution in [-0.4, -0.2) is 21.7 Å². The van der Waals surface area contributed by atoms with Crippen LogP contribution >= 0.6 is 11.6 Å². The summed E-state index contributed by atoms with van der Waals surface area (Å²) in [6.45, 7) is 0. The van der Waals surface area contributed by atoms with Gasteiger partial charge in [0.25, 0.3) is 5.91 Å². The number of carbonyl (C=O) groups excluding carboxylic acids is 2. The summed E-state index contributed by atoms with van der Waals surface area (Å²) in [5, 5.41) is 3.27. The lowest BCUT2D eigenvalue weighted by Crippen LogP contribution is -2.17. The van der Waals surface area contributed by atoms with E-state index in [9.17, 15) is 9.59 Å². The maximum Gasteiger partial charge on any atom is 0.258 e. The molecule has 0 saturated heterocycles. The van der Waals surface area contributed by atoms with Gasteiger partial charge in [0.05, 0.1) is 16.6 Å². The Balaban J connectivity index is 1.64. The number of anilines is 1. The van der Waals surface area contributed by atoms with Crippen LogP contribution in [0.5, 0.6) is 0 Å². The van der Waals surface area contributed by atoms with Crippen LogP contribution in [-0.2, 0) is 0 Å². The van der Waals surface area contributed by atoms with E-state index >= 15 is 0 Å². The quantitative estimate of drug-likeness (QED) is 0.508. The number of nitrogens with one attached hydrogen (secondary N) is 2. The Morgan fingerprint density at radius 1 is 0.852 bits per heavy atom. The minimum absolute atomic E-state index is 0.248. The predicted molar refractivity (Wildman–Crippen MR) is 105 cm³/mol. The molecule has 0 saturated carbocycles. The average molecular weight is 376 g/mol. The van der Waals surface area contributed by atoms with Crippen LogP contribution in [0.25, 0.3) is 11.0 Å². The second-order valence-corrected chi connectivity index (χ2v) is 6.37. The minimum Gasteiger partial charge on any atom is -0.324 e. The van der Waals surface area contributed by atoms with Crippen LogP contribution < -0.4 is 5.32 Å². The number of rotatable bonds is 4. The number of halogens is 1. The predicted octanol–water partition coefficient (Wildman–Crippen LogP) is 4.70. The van der Waals surface area contributed by atoms with Crippen molar-refractivity contribution in [2.24, 2.45) is 0 Å². The van der Waals surface area contributed by atoms with Gasteiger partial charge in [-0.15, -0.1) is 0 Å². The number of benzene rings is 3. The van der Waals surface area contributed by atoms with Crippen molar-refractivity contribution in [3.8, 4) is 0 Å². The highest BCUT2D eigenvalue weighted by Crippen LogP contribution is 2.19.